The zero-order valence-corrected chi connectivity index (χ0v) is 19.7. The van der Waals surface area contributed by atoms with Gasteiger partial charge in [-0.2, -0.15) is 4.58 Å². The maximum Gasteiger partial charge on any atom is 0.253 e. The van der Waals surface area contributed by atoms with E-state index in [0.717, 1.165) is 72.1 Å². The van der Waals surface area contributed by atoms with Crippen molar-refractivity contribution in [3.05, 3.63) is 65.0 Å². The Morgan fingerprint density at radius 2 is 2.06 bits per heavy atom. The second kappa shape index (κ2) is 8.17. The highest BCUT2D eigenvalue weighted by molar-refractivity contribution is 6.02. The number of ether oxygens (including phenoxy) is 2. The van der Waals surface area contributed by atoms with Crippen molar-refractivity contribution in [3.8, 4) is 11.5 Å². The van der Waals surface area contributed by atoms with Gasteiger partial charge in [-0.25, -0.2) is 0 Å². The highest BCUT2D eigenvalue weighted by Crippen LogP contribution is 2.38. The van der Waals surface area contributed by atoms with Crippen molar-refractivity contribution in [2.24, 2.45) is 5.92 Å². The molecule has 0 radical (unpaired) electrons. The van der Waals surface area contributed by atoms with E-state index >= 15 is 0 Å². The summed E-state index contributed by atoms with van der Waals surface area (Å²) in [7, 11) is 2.11. The molecule has 3 N–H and O–H groups in total. The molecule has 7 heteroatoms. The van der Waals surface area contributed by atoms with E-state index < -0.39 is 0 Å². The van der Waals surface area contributed by atoms with Gasteiger partial charge in [-0.1, -0.05) is 19.1 Å². The van der Waals surface area contributed by atoms with E-state index in [1.54, 1.807) is 0 Å². The van der Waals surface area contributed by atoms with Crippen LogP contribution in [0.5, 0.6) is 11.5 Å². The van der Waals surface area contributed by atoms with Gasteiger partial charge in [-0.05, 0) is 50.1 Å². The monoisotopic (exact) mass is 459 g/mol. The van der Waals surface area contributed by atoms with Gasteiger partial charge in [0.05, 0.1) is 11.5 Å². The third-order valence-corrected chi connectivity index (χ3v) is 7.71. The lowest BCUT2D eigenvalue weighted by Crippen LogP contribution is -2.54. The number of rotatable bonds is 3. The highest BCUT2D eigenvalue weighted by Gasteiger charge is 2.43. The van der Waals surface area contributed by atoms with Gasteiger partial charge in [0.25, 0.3) is 5.91 Å². The van der Waals surface area contributed by atoms with E-state index in [-0.39, 0.29) is 24.0 Å². The number of fused-ring (bicyclic) bond motifs is 3. The molecule has 1 aromatic carbocycles. The summed E-state index contributed by atoms with van der Waals surface area (Å²) in [5.74, 6) is 1.83. The van der Waals surface area contributed by atoms with E-state index in [9.17, 15) is 4.79 Å². The number of aromatic nitrogens is 1. The smallest absolute Gasteiger partial charge is 0.253 e. The Bertz CT molecular complexity index is 1250. The fourth-order valence-electron chi connectivity index (χ4n) is 5.88. The summed E-state index contributed by atoms with van der Waals surface area (Å²) in [5.41, 5.74) is 6.08. The van der Waals surface area contributed by atoms with Gasteiger partial charge < -0.3 is 25.1 Å². The third kappa shape index (κ3) is 3.29. The van der Waals surface area contributed by atoms with Crippen LogP contribution in [0.1, 0.15) is 53.5 Å². The average Bonchev–Trinajstić information content (AvgIpc) is 3.48. The van der Waals surface area contributed by atoms with Crippen LogP contribution < -0.4 is 20.1 Å². The quantitative estimate of drug-likeness (QED) is 0.616. The Balaban J connectivity index is 1.47. The van der Waals surface area contributed by atoms with Gasteiger partial charge in [-0.3, -0.25) is 4.79 Å². The molecule has 1 fully saturated rings. The number of nitrogens with zero attached hydrogens (tertiary/aromatic N) is 1. The van der Waals surface area contributed by atoms with Gasteiger partial charge in [0.1, 0.15) is 12.7 Å². The minimum absolute atomic E-state index is 0.00697. The first-order chi connectivity index (χ1) is 16.6. The van der Waals surface area contributed by atoms with Crippen LogP contribution in [-0.2, 0) is 5.41 Å². The number of aromatic amines is 1. The Morgan fingerprint density at radius 3 is 2.88 bits per heavy atom. The molecule has 1 aromatic heterocycles. The van der Waals surface area contributed by atoms with Crippen LogP contribution >= 0.6 is 0 Å². The van der Waals surface area contributed by atoms with Crippen molar-refractivity contribution in [2.75, 3.05) is 33.5 Å². The zero-order chi connectivity index (χ0) is 23.3. The second-order valence-corrected chi connectivity index (χ2v) is 9.68. The maximum absolute atomic E-state index is 12.8. The predicted octanol–water partition coefficient (Wildman–Crippen LogP) is 3.18. The highest BCUT2D eigenvalue weighted by atomic mass is 16.7. The molecule has 6 rings (SSSR count). The van der Waals surface area contributed by atoms with Crippen LogP contribution in [0.4, 0.5) is 0 Å². The standard InChI is InChI=1S/C27H30N4O3/c1-3-17-6-4-7-21(31(2)24(17)18-8-9-22-23(12-18)34-16-33-22)20-13-19-25(30-20)27(15-29-26(19)32)10-5-11-28-14-27/h4,6-9,12-13,17,28H,3,5,10-11,14-16H2,1-2H3,(H-,29,30,32)/p+1. The van der Waals surface area contributed by atoms with Crippen LogP contribution in [0.15, 0.2) is 42.5 Å². The topological polar surface area (TPSA) is 78.4 Å². The number of amides is 1. The molecule has 1 amide bonds. The molecule has 176 valence electrons. The maximum atomic E-state index is 12.8. The first-order valence-electron chi connectivity index (χ1n) is 12.2. The van der Waals surface area contributed by atoms with Gasteiger partial charge in [0.15, 0.2) is 17.2 Å². The fraction of sp³-hybridized carbons (Fsp3) is 0.407. The van der Waals surface area contributed by atoms with Crippen LogP contribution in [0.3, 0.4) is 0 Å². The van der Waals surface area contributed by atoms with E-state index in [1.165, 1.54) is 5.71 Å². The normalized spacial score (nSPS) is 25.8. The van der Waals surface area contributed by atoms with Crippen molar-refractivity contribution >= 4 is 17.3 Å². The van der Waals surface area contributed by atoms with Gasteiger partial charge in [-0.15, -0.1) is 0 Å². The summed E-state index contributed by atoms with van der Waals surface area (Å²) in [6.45, 7) is 5.05. The van der Waals surface area contributed by atoms with Crippen LogP contribution in [0.25, 0.3) is 5.70 Å². The lowest BCUT2D eigenvalue weighted by molar-refractivity contribution is -0.397. The number of benzene rings is 1. The summed E-state index contributed by atoms with van der Waals surface area (Å²) < 4.78 is 13.4. The molecule has 4 aliphatic rings. The number of hydrogen-bond donors (Lipinski definition) is 3. The zero-order valence-electron chi connectivity index (χ0n) is 19.7. The van der Waals surface area contributed by atoms with Gasteiger partial charge in [0.2, 0.25) is 12.5 Å². The summed E-state index contributed by atoms with van der Waals surface area (Å²) in [4.78, 5) is 16.5. The molecule has 0 bridgehead atoms. The number of hydrogen-bond acceptors (Lipinski definition) is 4. The minimum atomic E-state index is -0.0741. The second-order valence-electron chi connectivity index (χ2n) is 9.68. The summed E-state index contributed by atoms with van der Waals surface area (Å²) in [6.07, 6.45) is 9.68. The van der Waals surface area contributed by atoms with Gasteiger partial charge >= 0.3 is 0 Å². The number of carbonyl (C=O) groups is 1. The van der Waals surface area contributed by atoms with Crippen molar-refractivity contribution in [1.82, 2.24) is 15.6 Å². The van der Waals surface area contributed by atoms with Crippen LogP contribution in [0, 0.1) is 5.92 Å². The molecular formula is C27H31N4O3+. The Labute approximate surface area is 199 Å². The summed E-state index contributed by atoms with van der Waals surface area (Å²) in [6, 6.07) is 8.19. The van der Waals surface area contributed by atoms with Crippen molar-refractivity contribution < 1.29 is 18.8 Å². The molecule has 5 heterocycles. The summed E-state index contributed by atoms with van der Waals surface area (Å²) in [5, 5.41) is 6.67. The summed E-state index contributed by atoms with van der Waals surface area (Å²) >= 11 is 0. The molecular weight excluding hydrogens is 428 g/mol. The Hall–Kier alpha value is -3.32. The Kier molecular flexibility index (Phi) is 5.10. The van der Waals surface area contributed by atoms with Crippen molar-refractivity contribution in [3.63, 3.8) is 0 Å². The molecule has 1 spiro atoms. The van der Waals surface area contributed by atoms with E-state index in [2.05, 4.69) is 64.5 Å². The third-order valence-electron chi connectivity index (χ3n) is 7.71. The van der Waals surface area contributed by atoms with E-state index in [0.29, 0.717) is 6.54 Å². The Morgan fingerprint density at radius 1 is 1.18 bits per heavy atom. The molecule has 2 aromatic rings. The van der Waals surface area contributed by atoms with Crippen LogP contribution in [-0.4, -0.2) is 54.7 Å². The van der Waals surface area contributed by atoms with Crippen LogP contribution in [0.2, 0.25) is 0 Å². The minimum Gasteiger partial charge on any atom is -0.454 e. The number of allylic oxidation sites excluding steroid dienone is 3. The average molecular weight is 460 g/mol. The number of carbonyl (C=O) groups excluding carboxylic acids is 1. The van der Waals surface area contributed by atoms with Crippen molar-refractivity contribution in [2.45, 2.75) is 31.6 Å². The SMILES string of the molecule is CCC1C=CC=C(c2cc3c([nH]2)C2(CCCNC2)CNC3=O)[N+](C)=C1c1ccc2c(c1)OCO2. The molecule has 34 heavy (non-hydrogen) atoms. The predicted molar refractivity (Wildman–Crippen MR) is 131 cm³/mol. The number of piperidine rings is 1. The molecule has 0 aliphatic carbocycles. The van der Waals surface area contributed by atoms with E-state index in [1.807, 2.05) is 12.1 Å². The molecule has 1 saturated heterocycles. The van der Waals surface area contributed by atoms with Crippen molar-refractivity contribution in [1.29, 1.82) is 0 Å². The lowest BCUT2D eigenvalue weighted by Gasteiger charge is -2.40. The molecule has 7 nitrogen and oxygen atoms in total. The largest absolute Gasteiger partial charge is 0.454 e. The van der Waals surface area contributed by atoms with E-state index in [4.69, 9.17) is 9.47 Å². The number of H-pyrrole nitrogens is 1. The first-order valence-corrected chi connectivity index (χ1v) is 12.2. The van der Waals surface area contributed by atoms with Gasteiger partial charge in [0, 0.05) is 35.8 Å². The molecule has 2 atom stereocenters. The molecule has 4 aliphatic heterocycles. The fourth-order valence-corrected chi connectivity index (χ4v) is 5.88. The first kappa shape index (κ1) is 21.2. The lowest BCUT2D eigenvalue weighted by atomic mass is 9.74. The molecule has 2 unspecified atom stereocenters. The molecule has 0 saturated carbocycles. The number of nitrogens with one attached hydrogen (secondary N) is 3.